The molecule has 0 saturated heterocycles. The Bertz CT molecular complexity index is 889. The Hall–Kier alpha value is -1.49. The molecule has 0 unspecified atom stereocenters. The van der Waals surface area contributed by atoms with Gasteiger partial charge < -0.3 is 9.73 Å². The molecule has 1 amide bonds. The number of fused-ring (bicyclic) bond motifs is 1. The molecule has 22 heavy (non-hydrogen) atoms. The maximum atomic E-state index is 12.4. The lowest BCUT2D eigenvalue weighted by Gasteiger charge is -2.06. The number of amides is 1. The third-order valence-electron chi connectivity index (χ3n) is 3.30. The van der Waals surface area contributed by atoms with Gasteiger partial charge in [-0.2, -0.15) is 0 Å². The standard InChI is InChI=1S/C16H10BrCl2NO2/c1-8-10-3-2-4-11(18)15(10)22-14(8)16(21)20-13-6-5-9(17)7-12(13)19/h2-7H,1H3,(H,20,21). The predicted molar refractivity (Wildman–Crippen MR) is 93.1 cm³/mol. The number of nitrogens with one attached hydrogen (secondary N) is 1. The number of aryl methyl sites for hydroxylation is 1. The molecule has 0 aliphatic heterocycles. The number of furan rings is 1. The second kappa shape index (κ2) is 5.95. The van der Waals surface area contributed by atoms with E-state index in [-0.39, 0.29) is 11.7 Å². The third kappa shape index (κ3) is 2.74. The van der Waals surface area contributed by atoms with Crippen LogP contribution >= 0.6 is 39.1 Å². The average Bonchev–Trinajstić information content (AvgIpc) is 2.81. The molecule has 2 aromatic carbocycles. The minimum atomic E-state index is -0.367. The van der Waals surface area contributed by atoms with Gasteiger partial charge in [-0.1, -0.05) is 51.3 Å². The van der Waals surface area contributed by atoms with Crippen LogP contribution in [0.25, 0.3) is 11.0 Å². The summed E-state index contributed by atoms with van der Waals surface area (Å²) in [5.41, 5.74) is 1.76. The molecule has 1 heterocycles. The molecule has 0 radical (unpaired) electrons. The maximum absolute atomic E-state index is 12.4. The summed E-state index contributed by atoms with van der Waals surface area (Å²) < 4.78 is 6.47. The summed E-state index contributed by atoms with van der Waals surface area (Å²) in [7, 11) is 0. The molecule has 1 N–H and O–H groups in total. The van der Waals surface area contributed by atoms with Gasteiger partial charge in [-0.15, -0.1) is 0 Å². The Morgan fingerprint density at radius 1 is 1.18 bits per heavy atom. The Balaban J connectivity index is 1.99. The molecule has 0 aliphatic rings. The topological polar surface area (TPSA) is 42.2 Å². The van der Waals surface area contributed by atoms with E-state index in [4.69, 9.17) is 27.6 Å². The highest BCUT2D eigenvalue weighted by atomic mass is 79.9. The zero-order chi connectivity index (χ0) is 15.9. The van der Waals surface area contributed by atoms with Crippen molar-refractivity contribution in [2.45, 2.75) is 6.92 Å². The predicted octanol–water partition coefficient (Wildman–Crippen LogP) is 6.06. The van der Waals surface area contributed by atoms with Crippen molar-refractivity contribution >= 4 is 61.7 Å². The zero-order valence-electron chi connectivity index (χ0n) is 11.4. The molecule has 6 heteroatoms. The van der Waals surface area contributed by atoms with E-state index in [1.807, 2.05) is 19.1 Å². The zero-order valence-corrected chi connectivity index (χ0v) is 14.5. The molecule has 112 valence electrons. The second-order valence-electron chi connectivity index (χ2n) is 4.75. The lowest BCUT2D eigenvalue weighted by Crippen LogP contribution is -2.12. The van der Waals surface area contributed by atoms with Crippen LogP contribution in [0.1, 0.15) is 16.1 Å². The van der Waals surface area contributed by atoms with Gasteiger partial charge in [-0.3, -0.25) is 4.79 Å². The van der Waals surface area contributed by atoms with Crippen molar-refractivity contribution in [3.8, 4) is 0 Å². The number of hydrogen-bond donors (Lipinski definition) is 1. The summed E-state index contributed by atoms with van der Waals surface area (Å²) in [5, 5.41) is 4.48. The van der Waals surface area contributed by atoms with Gasteiger partial charge in [-0.05, 0) is 31.2 Å². The number of anilines is 1. The van der Waals surface area contributed by atoms with Crippen LogP contribution in [0.5, 0.6) is 0 Å². The summed E-state index contributed by atoms with van der Waals surface area (Å²) in [4.78, 5) is 12.4. The van der Waals surface area contributed by atoms with Crippen LogP contribution in [0.4, 0.5) is 5.69 Å². The first-order valence-corrected chi connectivity index (χ1v) is 7.96. The SMILES string of the molecule is Cc1c(C(=O)Nc2ccc(Br)cc2Cl)oc2c(Cl)cccc12. The monoisotopic (exact) mass is 397 g/mol. The number of hydrogen-bond acceptors (Lipinski definition) is 2. The van der Waals surface area contributed by atoms with Gasteiger partial charge in [0.05, 0.1) is 15.7 Å². The number of rotatable bonds is 2. The maximum Gasteiger partial charge on any atom is 0.291 e. The second-order valence-corrected chi connectivity index (χ2v) is 6.48. The number of benzene rings is 2. The van der Waals surface area contributed by atoms with E-state index in [0.717, 1.165) is 15.4 Å². The van der Waals surface area contributed by atoms with Crippen molar-refractivity contribution in [1.82, 2.24) is 0 Å². The number of para-hydroxylation sites is 1. The van der Waals surface area contributed by atoms with E-state index >= 15 is 0 Å². The lowest BCUT2D eigenvalue weighted by molar-refractivity contribution is 0.0998. The number of halogens is 3. The van der Waals surface area contributed by atoms with Crippen molar-refractivity contribution in [1.29, 1.82) is 0 Å². The minimum Gasteiger partial charge on any atom is -0.449 e. The highest BCUT2D eigenvalue weighted by Crippen LogP contribution is 2.32. The van der Waals surface area contributed by atoms with Gasteiger partial charge in [0.15, 0.2) is 11.3 Å². The van der Waals surface area contributed by atoms with Gasteiger partial charge in [0.25, 0.3) is 5.91 Å². The lowest BCUT2D eigenvalue weighted by atomic mass is 10.1. The summed E-state index contributed by atoms with van der Waals surface area (Å²) in [6, 6.07) is 10.6. The van der Waals surface area contributed by atoms with Crippen molar-refractivity contribution in [3.05, 3.63) is 62.2 Å². The van der Waals surface area contributed by atoms with Crippen LogP contribution in [0, 0.1) is 6.92 Å². The molecule has 0 spiro atoms. The van der Waals surface area contributed by atoms with Gasteiger partial charge in [-0.25, -0.2) is 0 Å². The van der Waals surface area contributed by atoms with Crippen LogP contribution in [0.3, 0.4) is 0 Å². The summed E-state index contributed by atoms with van der Waals surface area (Å²) in [6.45, 7) is 1.82. The Morgan fingerprint density at radius 3 is 2.64 bits per heavy atom. The Morgan fingerprint density at radius 2 is 1.95 bits per heavy atom. The fraction of sp³-hybridized carbons (Fsp3) is 0.0625. The fourth-order valence-corrected chi connectivity index (χ4v) is 3.13. The van der Waals surface area contributed by atoms with Crippen molar-refractivity contribution in [3.63, 3.8) is 0 Å². The van der Waals surface area contributed by atoms with Gasteiger partial charge in [0, 0.05) is 15.4 Å². The molecule has 3 nitrogen and oxygen atoms in total. The Labute approximate surface area is 145 Å². The molecule has 0 fully saturated rings. The molecule has 0 aliphatic carbocycles. The van der Waals surface area contributed by atoms with Crippen molar-refractivity contribution in [2.75, 3.05) is 5.32 Å². The van der Waals surface area contributed by atoms with Crippen LogP contribution < -0.4 is 5.32 Å². The van der Waals surface area contributed by atoms with E-state index in [9.17, 15) is 4.79 Å². The van der Waals surface area contributed by atoms with E-state index in [0.29, 0.717) is 21.3 Å². The summed E-state index contributed by atoms with van der Waals surface area (Å²) in [5.74, 6) is -0.143. The molecule has 0 bridgehead atoms. The van der Waals surface area contributed by atoms with Crippen LogP contribution in [0.2, 0.25) is 10.0 Å². The summed E-state index contributed by atoms with van der Waals surface area (Å²) in [6.07, 6.45) is 0. The van der Waals surface area contributed by atoms with Gasteiger partial charge in [0.2, 0.25) is 0 Å². The number of carbonyl (C=O) groups is 1. The first kappa shape index (κ1) is 15.4. The van der Waals surface area contributed by atoms with Crippen LogP contribution in [-0.2, 0) is 0 Å². The van der Waals surface area contributed by atoms with Crippen LogP contribution in [0.15, 0.2) is 45.3 Å². The third-order valence-corrected chi connectivity index (χ3v) is 4.40. The molecular weight excluding hydrogens is 389 g/mol. The van der Waals surface area contributed by atoms with E-state index in [1.54, 1.807) is 24.3 Å². The fourth-order valence-electron chi connectivity index (χ4n) is 2.20. The first-order chi connectivity index (χ1) is 10.5. The molecular formula is C16H10BrCl2NO2. The molecule has 0 saturated carbocycles. The van der Waals surface area contributed by atoms with Crippen LogP contribution in [-0.4, -0.2) is 5.91 Å². The normalized spacial score (nSPS) is 10.9. The summed E-state index contributed by atoms with van der Waals surface area (Å²) >= 11 is 15.5. The first-order valence-electron chi connectivity index (χ1n) is 6.41. The molecule has 3 rings (SSSR count). The van der Waals surface area contributed by atoms with E-state index < -0.39 is 0 Å². The largest absolute Gasteiger partial charge is 0.449 e. The van der Waals surface area contributed by atoms with E-state index in [2.05, 4.69) is 21.2 Å². The number of carbonyl (C=O) groups excluding carboxylic acids is 1. The average molecular weight is 399 g/mol. The van der Waals surface area contributed by atoms with Crippen molar-refractivity contribution in [2.24, 2.45) is 0 Å². The Kier molecular flexibility index (Phi) is 4.17. The highest BCUT2D eigenvalue weighted by molar-refractivity contribution is 9.10. The molecule has 0 atom stereocenters. The van der Waals surface area contributed by atoms with E-state index in [1.165, 1.54) is 0 Å². The smallest absolute Gasteiger partial charge is 0.291 e. The molecule has 1 aromatic heterocycles. The molecule has 3 aromatic rings. The van der Waals surface area contributed by atoms with Crippen molar-refractivity contribution < 1.29 is 9.21 Å². The van der Waals surface area contributed by atoms with Gasteiger partial charge in [0.1, 0.15) is 0 Å². The quantitative estimate of drug-likeness (QED) is 0.569. The van der Waals surface area contributed by atoms with Gasteiger partial charge >= 0.3 is 0 Å². The highest BCUT2D eigenvalue weighted by Gasteiger charge is 2.19. The minimum absolute atomic E-state index is 0.224.